The molecule has 0 nitrogen and oxygen atoms in total. The maximum Gasteiger partial charge on any atom is -0.0347 e. The SMILES string of the molecule is C[Si](C)=[Zr+2].[C-]1=C(c2ccccc2)C(c2ccccc2)=C(c2ccccc2)C1.[C-]1=C(c2ccccc2)C(c2ccccc2)=C(c2ccccc2)C1.[Cl-].[Cl-]. The van der Waals surface area contributed by atoms with Crippen molar-refractivity contribution in [3.8, 4) is 0 Å². The van der Waals surface area contributed by atoms with Gasteiger partial charge in [-0.15, -0.1) is 46.5 Å². The monoisotopic (exact) mass is 804 g/mol. The van der Waals surface area contributed by atoms with Crippen LogP contribution in [0.3, 0.4) is 0 Å². The smallest absolute Gasteiger partial charge is 0.0347 e. The minimum absolute atomic E-state index is 0. The Morgan fingerprint density at radius 1 is 0.365 bits per heavy atom. The van der Waals surface area contributed by atoms with Gasteiger partial charge < -0.3 is 24.8 Å². The van der Waals surface area contributed by atoms with Gasteiger partial charge in [-0.05, 0) is 11.1 Å². The molecule has 0 bridgehead atoms. The summed E-state index contributed by atoms with van der Waals surface area (Å²) in [6.07, 6.45) is 8.94. The molecule has 0 fully saturated rings. The fourth-order valence-electron chi connectivity index (χ4n) is 6.33. The van der Waals surface area contributed by atoms with Gasteiger partial charge in [-0.25, -0.2) is 0 Å². The Balaban J connectivity index is 0.000000204. The zero-order valence-corrected chi connectivity index (χ0v) is 34.5. The van der Waals surface area contributed by atoms with Crippen molar-refractivity contribution in [3.63, 3.8) is 0 Å². The van der Waals surface area contributed by atoms with Gasteiger partial charge in [0.25, 0.3) is 0 Å². The average molecular weight is 807 g/mol. The Hall–Kier alpha value is -4.04. The van der Waals surface area contributed by atoms with Crippen LogP contribution >= 0.6 is 0 Å². The van der Waals surface area contributed by atoms with Gasteiger partial charge in [0.15, 0.2) is 0 Å². The Labute approximate surface area is 338 Å². The molecule has 2 aliphatic rings. The van der Waals surface area contributed by atoms with Gasteiger partial charge >= 0.3 is 41.9 Å². The molecule has 0 aromatic heterocycles. The van der Waals surface area contributed by atoms with E-state index in [2.05, 4.69) is 207 Å². The Morgan fingerprint density at radius 2 is 0.577 bits per heavy atom. The maximum absolute atomic E-state index is 3.61. The van der Waals surface area contributed by atoms with Crippen LogP contribution in [-0.4, -0.2) is 5.43 Å². The Bertz CT molecular complexity index is 1980. The van der Waals surface area contributed by atoms with Gasteiger partial charge in [0, 0.05) is 0 Å². The van der Waals surface area contributed by atoms with Crippen molar-refractivity contribution in [2.45, 2.75) is 25.9 Å². The summed E-state index contributed by atoms with van der Waals surface area (Å²) in [7, 11) is 0. The third-order valence-electron chi connectivity index (χ3n) is 8.48. The summed E-state index contributed by atoms with van der Waals surface area (Å²) < 4.78 is 0. The fourth-order valence-corrected chi connectivity index (χ4v) is 6.33. The van der Waals surface area contributed by atoms with Crippen molar-refractivity contribution in [2.24, 2.45) is 0 Å². The first-order valence-corrected chi connectivity index (χ1v) is 23.3. The molecule has 0 spiro atoms. The van der Waals surface area contributed by atoms with E-state index in [0.29, 0.717) is 0 Å². The number of allylic oxidation sites excluding steroid dienone is 8. The Morgan fingerprint density at radius 3 is 0.827 bits per heavy atom. The van der Waals surface area contributed by atoms with Gasteiger partial charge in [-0.3, -0.25) is 0 Å². The summed E-state index contributed by atoms with van der Waals surface area (Å²) >= 11 is 1.74. The van der Waals surface area contributed by atoms with Crippen LogP contribution in [-0.2, 0) is 23.3 Å². The summed E-state index contributed by atoms with van der Waals surface area (Å²) in [6, 6.07) is 63.7. The van der Waals surface area contributed by atoms with Gasteiger partial charge in [0.2, 0.25) is 0 Å². The molecule has 6 aromatic carbocycles. The number of hydrogen-bond acceptors (Lipinski definition) is 0. The van der Waals surface area contributed by atoms with Crippen molar-refractivity contribution >= 4 is 38.9 Å². The van der Waals surface area contributed by atoms with E-state index in [4.69, 9.17) is 0 Å². The average Bonchev–Trinajstić information content (AvgIpc) is 3.83. The van der Waals surface area contributed by atoms with Crippen LogP contribution in [0.1, 0.15) is 46.2 Å². The van der Waals surface area contributed by atoms with Crippen LogP contribution < -0.4 is 24.8 Å². The zero-order valence-electron chi connectivity index (χ0n) is 29.5. The molecule has 0 N–H and O–H groups in total. The number of halogens is 2. The predicted octanol–water partition coefficient (Wildman–Crippen LogP) is 6.57. The molecule has 6 aromatic rings. The number of hydrogen-bond donors (Lipinski definition) is 0. The first-order chi connectivity index (χ1) is 24.6. The van der Waals surface area contributed by atoms with Crippen molar-refractivity contribution in [3.05, 3.63) is 228 Å². The molecule has 52 heavy (non-hydrogen) atoms. The van der Waals surface area contributed by atoms with E-state index in [1.54, 1.807) is 23.3 Å². The van der Waals surface area contributed by atoms with Crippen LogP contribution in [0.15, 0.2) is 182 Å². The summed E-state index contributed by atoms with van der Waals surface area (Å²) in [5.41, 5.74) is 15.5. The van der Waals surface area contributed by atoms with E-state index in [0.717, 1.165) is 12.8 Å². The van der Waals surface area contributed by atoms with E-state index in [1.165, 1.54) is 66.8 Å². The standard InChI is InChI=1S/2C23H17.C2H6Si.2ClH.Zr/c2*1-4-10-18(11-5-1)21-16-17-22(19-12-6-2-7-13-19)23(21)20-14-8-3-9-15-20;1-3-2;;;/h2*1-15H,16H2;1-2H3;2*1H;/q2*-1;;;;+2/p-2. The van der Waals surface area contributed by atoms with Gasteiger partial charge in [0.1, 0.15) is 0 Å². The molecule has 0 amide bonds. The van der Waals surface area contributed by atoms with E-state index in [9.17, 15) is 0 Å². The minimum Gasteiger partial charge on any atom is -1.00 e. The van der Waals surface area contributed by atoms with Crippen molar-refractivity contribution in [2.75, 3.05) is 0 Å². The van der Waals surface area contributed by atoms with Crippen LogP contribution in [0, 0.1) is 12.2 Å². The molecule has 0 saturated carbocycles. The second-order valence-electron chi connectivity index (χ2n) is 12.4. The summed E-state index contributed by atoms with van der Waals surface area (Å²) in [5, 5.41) is 0. The molecule has 0 radical (unpaired) electrons. The summed E-state index contributed by atoms with van der Waals surface area (Å²) in [5.74, 6) is 0. The normalized spacial score (nSPS) is 12.9. The van der Waals surface area contributed by atoms with Crippen LogP contribution in [0.25, 0.3) is 33.4 Å². The zero-order chi connectivity index (χ0) is 34.5. The number of rotatable bonds is 6. The first-order valence-electron chi connectivity index (χ1n) is 17.1. The summed E-state index contributed by atoms with van der Waals surface area (Å²) in [4.78, 5) is 0. The second-order valence-corrected chi connectivity index (χ2v) is 21.7. The van der Waals surface area contributed by atoms with Crippen molar-refractivity contribution in [1.29, 1.82) is 0 Å². The fraction of sp³-hybridized carbons (Fsp3) is 0.0833. The predicted molar refractivity (Wildman–Crippen MR) is 212 cm³/mol. The molecule has 0 aliphatic heterocycles. The molecule has 8 rings (SSSR count). The maximum atomic E-state index is 3.61. The largest absolute Gasteiger partial charge is 1.00 e. The third kappa shape index (κ3) is 10.5. The van der Waals surface area contributed by atoms with Crippen LogP contribution in [0.2, 0.25) is 13.1 Å². The van der Waals surface area contributed by atoms with Crippen molar-refractivity contribution < 1.29 is 48.1 Å². The Kier molecular flexibility index (Phi) is 16.3. The van der Waals surface area contributed by atoms with Crippen LogP contribution in [0.4, 0.5) is 0 Å². The topological polar surface area (TPSA) is 0 Å². The van der Waals surface area contributed by atoms with E-state index in [-0.39, 0.29) is 30.2 Å². The molecule has 0 atom stereocenters. The third-order valence-corrected chi connectivity index (χ3v) is 8.48. The molecule has 4 heteroatoms. The molecule has 256 valence electrons. The summed E-state index contributed by atoms with van der Waals surface area (Å²) in [6.45, 7) is 4.62. The number of benzene rings is 6. The van der Waals surface area contributed by atoms with Gasteiger partial charge in [0.05, 0.1) is 0 Å². The molecular weight excluding hydrogens is 767 g/mol. The van der Waals surface area contributed by atoms with E-state index < -0.39 is 0 Å². The van der Waals surface area contributed by atoms with Gasteiger partial charge in [-0.2, -0.15) is 23.3 Å². The van der Waals surface area contributed by atoms with Crippen molar-refractivity contribution in [1.82, 2.24) is 0 Å². The molecule has 0 saturated heterocycles. The second kappa shape index (κ2) is 20.9. The first kappa shape index (κ1) is 40.7. The van der Waals surface area contributed by atoms with E-state index in [1.807, 2.05) is 0 Å². The quantitative estimate of drug-likeness (QED) is 0.132. The molecule has 2 aliphatic carbocycles. The van der Waals surface area contributed by atoms with E-state index >= 15 is 0 Å². The minimum atomic E-state index is 0. The van der Waals surface area contributed by atoms with Gasteiger partial charge in [-0.1, -0.05) is 193 Å². The van der Waals surface area contributed by atoms with Crippen LogP contribution in [0.5, 0.6) is 0 Å². The molecule has 0 unspecified atom stereocenters. The molecular formula is C48H40Cl2SiZr-2. The molecule has 0 heterocycles.